The minimum atomic E-state index is -0.116. The topological polar surface area (TPSA) is 59.8 Å². The van der Waals surface area contributed by atoms with Crippen molar-refractivity contribution in [3.8, 4) is 10.6 Å². The van der Waals surface area contributed by atoms with E-state index in [4.69, 9.17) is 0 Å². The van der Waals surface area contributed by atoms with Crippen LogP contribution in [0.5, 0.6) is 0 Å². The number of hydrogen-bond donors (Lipinski definition) is 1. The van der Waals surface area contributed by atoms with E-state index in [2.05, 4.69) is 20.1 Å². The summed E-state index contributed by atoms with van der Waals surface area (Å²) in [6.45, 7) is 0. The van der Waals surface area contributed by atoms with Gasteiger partial charge in [-0.25, -0.2) is 0 Å². The molecule has 1 amide bonds. The lowest BCUT2D eigenvalue weighted by atomic mass is 10.2. The van der Waals surface area contributed by atoms with Crippen LogP contribution >= 0.6 is 22.7 Å². The molecule has 0 spiro atoms. The Morgan fingerprint density at radius 1 is 1.26 bits per heavy atom. The molecule has 0 aromatic carbocycles. The van der Waals surface area contributed by atoms with Crippen LogP contribution in [-0.2, 0) is 0 Å². The quantitative estimate of drug-likeness (QED) is 0.761. The number of rotatable bonds is 4. The van der Waals surface area contributed by atoms with E-state index in [0.29, 0.717) is 16.9 Å². The summed E-state index contributed by atoms with van der Waals surface area (Å²) in [5.74, 6) is -0.116. The molecule has 3 aromatic heterocycles. The fourth-order valence-electron chi connectivity index (χ4n) is 3.02. The molecule has 1 fully saturated rings. The third kappa shape index (κ3) is 2.94. The third-order valence-corrected chi connectivity index (χ3v) is 5.71. The summed E-state index contributed by atoms with van der Waals surface area (Å²) in [6, 6.07) is 6.25. The maximum atomic E-state index is 12.6. The van der Waals surface area contributed by atoms with Crippen molar-refractivity contribution in [3.63, 3.8) is 0 Å². The molecule has 3 aromatic rings. The van der Waals surface area contributed by atoms with Crippen LogP contribution in [0.1, 0.15) is 42.2 Å². The van der Waals surface area contributed by atoms with Gasteiger partial charge in [0.25, 0.3) is 5.91 Å². The molecule has 1 N–H and O–H groups in total. The van der Waals surface area contributed by atoms with Gasteiger partial charge in [-0.2, -0.15) is 11.3 Å². The Balaban J connectivity index is 1.51. The van der Waals surface area contributed by atoms with Gasteiger partial charge in [-0.15, -0.1) is 10.2 Å². The molecule has 7 heteroatoms. The standard InChI is InChI=1S/C16H16N4OS2/c21-14(13-6-3-8-20(13)12-4-1-2-5-12)17-16-19-18-15(23-16)11-7-9-22-10-11/h3,6-10,12H,1-2,4-5H2,(H,17,19,21). The fraction of sp³-hybridized carbons (Fsp3) is 0.312. The van der Waals surface area contributed by atoms with Gasteiger partial charge in [-0.1, -0.05) is 24.2 Å². The summed E-state index contributed by atoms with van der Waals surface area (Å²) < 4.78 is 2.10. The molecule has 0 saturated heterocycles. The Morgan fingerprint density at radius 3 is 2.91 bits per heavy atom. The number of thiophene rings is 1. The van der Waals surface area contributed by atoms with E-state index in [-0.39, 0.29) is 5.91 Å². The maximum absolute atomic E-state index is 12.6. The lowest BCUT2D eigenvalue weighted by molar-refractivity contribution is 0.101. The predicted molar refractivity (Wildman–Crippen MR) is 93.1 cm³/mol. The van der Waals surface area contributed by atoms with Gasteiger partial charge in [0.05, 0.1) is 0 Å². The Bertz CT molecular complexity index is 800. The molecule has 0 atom stereocenters. The second kappa shape index (κ2) is 6.25. The van der Waals surface area contributed by atoms with Crippen molar-refractivity contribution in [1.29, 1.82) is 0 Å². The maximum Gasteiger partial charge on any atom is 0.274 e. The molecular formula is C16H16N4OS2. The Hall–Kier alpha value is -1.99. The molecule has 0 unspecified atom stereocenters. The SMILES string of the molecule is O=C(Nc1nnc(-c2ccsc2)s1)c1cccn1C1CCCC1. The second-order valence-corrected chi connectivity index (χ2v) is 7.38. The van der Waals surface area contributed by atoms with Crippen LogP contribution in [0.4, 0.5) is 5.13 Å². The van der Waals surface area contributed by atoms with Crippen molar-refractivity contribution in [2.75, 3.05) is 5.32 Å². The first-order valence-corrected chi connectivity index (χ1v) is 9.41. The molecular weight excluding hydrogens is 328 g/mol. The average Bonchev–Trinajstić information content (AvgIpc) is 3.30. The lowest BCUT2D eigenvalue weighted by Gasteiger charge is -2.15. The molecule has 118 valence electrons. The number of amides is 1. The molecule has 5 nitrogen and oxygen atoms in total. The molecule has 1 aliphatic carbocycles. The number of carbonyl (C=O) groups is 1. The highest BCUT2D eigenvalue weighted by molar-refractivity contribution is 7.19. The zero-order valence-corrected chi connectivity index (χ0v) is 14.1. The Labute approximate surface area is 142 Å². The van der Waals surface area contributed by atoms with E-state index in [1.807, 2.05) is 35.2 Å². The van der Waals surface area contributed by atoms with Gasteiger partial charge in [0.15, 0.2) is 0 Å². The average molecular weight is 344 g/mol. The first kappa shape index (κ1) is 14.6. The number of hydrogen-bond acceptors (Lipinski definition) is 5. The predicted octanol–water partition coefficient (Wildman–Crippen LogP) is 4.44. The van der Waals surface area contributed by atoms with Gasteiger partial charge >= 0.3 is 0 Å². The molecule has 0 radical (unpaired) electrons. The van der Waals surface area contributed by atoms with E-state index in [0.717, 1.165) is 23.4 Å². The van der Waals surface area contributed by atoms with Crippen molar-refractivity contribution < 1.29 is 4.79 Å². The lowest BCUT2D eigenvalue weighted by Crippen LogP contribution is -2.18. The van der Waals surface area contributed by atoms with E-state index >= 15 is 0 Å². The molecule has 1 aliphatic rings. The smallest absolute Gasteiger partial charge is 0.274 e. The van der Waals surface area contributed by atoms with Crippen LogP contribution in [0.2, 0.25) is 0 Å². The Morgan fingerprint density at radius 2 is 2.13 bits per heavy atom. The zero-order chi connectivity index (χ0) is 15.6. The molecule has 1 saturated carbocycles. The van der Waals surface area contributed by atoms with Gasteiger partial charge in [-0.3, -0.25) is 10.1 Å². The first-order chi connectivity index (χ1) is 11.3. The molecule has 3 heterocycles. The van der Waals surface area contributed by atoms with E-state index < -0.39 is 0 Å². The van der Waals surface area contributed by atoms with E-state index in [9.17, 15) is 4.79 Å². The summed E-state index contributed by atoms with van der Waals surface area (Å²) in [5.41, 5.74) is 1.74. The van der Waals surface area contributed by atoms with E-state index in [1.165, 1.54) is 24.2 Å². The van der Waals surface area contributed by atoms with E-state index in [1.54, 1.807) is 11.3 Å². The summed E-state index contributed by atoms with van der Waals surface area (Å²) in [7, 11) is 0. The number of carbonyl (C=O) groups excluding carboxylic acids is 1. The fourth-order valence-corrected chi connectivity index (χ4v) is 4.47. The minimum absolute atomic E-state index is 0.116. The van der Waals surface area contributed by atoms with Crippen LogP contribution in [-0.4, -0.2) is 20.7 Å². The minimum Gasteiger partial charge on any atom is -0.340 e. The normalized spacial score (nSPS) is 15.1. The summed E-state index contributed by atoms with van der Waals surface area (Å²) in [4.78, 5) is 12.6. The second-order valence-electron chi connectivity index (χ2n) is 5.62. The van der Waals surface area contributed by atoms with Crippen molar-refractivity contribution in [2.45, 2.75) is 31.7 Å². The van der Waals surface area contributed by atoms with Gasteiger partial charge in [0.1, 0.15) is 10.7 Å². The van der Waals surface area contributed by atoms with Crippen LogP contribution in [0.15, 0.2) is 35.2 Å². The first-order valence-electron chi connectivity index (χ1n) is 7.65. The van der Waals surface area contributed by atoms with Crippen molar-refractivity contribution in [3.05, 3.63) is 40.8 Å². The molecule has 0 aliphatic heterocycles. The highest BCUT2D eigenvalue weighted by atomic mass is 32.1. The van der Waals surface area contributed by atoms with Gasteiger partial charge in [0.2, 0.25) is 5.13 Å². The molecule has 0 bridgehead atoms. The van der Waals surface area contributed by atoms with Crippen molar-refractivity contribution >= 4 is 33.7 Å². The Kier molecular flexibility index (Phi) is 3.97. The summed E-state index contributed by atoms with van der Waals surface area (Å²) >= 11 is 3.02. The van der Waals surface area contributed by atoms with Crippen molar-refractivity contribution in [1.82, 2.24) is 14.8 Å². The van der Waals surface area contributed by atoms with Crippen LogP contribution in [0, 0.1) is 0 Å². The molecule has 4 rings (SSSR count). The largest absolute Gasteiger partial charge is 0.340 e. The number of nitrogens with one attached hydrogen (secondary N) is 1. The number of aromatic nitrogens is 3. The van der Waals surface area contributed by atoms with Crippen LogP contribution in [0.25, 0.3) is 10.6 Å². The summed E-state index contributed by atoms with van der Waals surface area (Å²) in [5, 5.41) is 16.5. The van der Waals surface area contributed by atoms with Crippen LogP contribution < -0.4 is 5.32 Å². The number of nitrogens with zero attached hydrogens (tertiary/aromatic N) is 3. The molecule has 23 heavy (non-hydrogen) atoms. The van der Waals surface area contributed by atoms with Gasteiger partial charge in [-0.05, 0) is 36.4 Å². The van der Waals surface area contributed by atoms with Crippen molar-refractivity contribution in [2.24, 2.45) is 0 Å². The third-order valence-electron chi connectivity index (χ3n) is 4.14. The number of anilines is 1. The highest BCUT2D eigenvalue weighted by Gasteiger charge is 2.22. The zero-order valence-electron chi connectivity index (χ0n) is 12.4. The summed E-state index contributed by atoms with van der Waals surface area (Å²) in [6.07, 6.45) is 6.78. The van der Waals surface area contributed by atoms with Crippen LogP contribution in [0.3, 0.4) is 0 Å². The van der Waals surface area contributed by atoms with Gasteiger partial charge < -0.3 is 4.57 Å². The van der Waals surface area contributed by atoms with Gasteiger partial charge in [0, 0.05) is 23.2 Å². The monoisotopic (exact) mass is 344 g/mol. The highest BCUT2D eigenvalue weighted by Crippen LogP contribution is 2.31.